The van der Waals surface area contributed by atoms with Gasteiger partial charge < -0.3 is 69.9 Å². The number of H-pyrrole nitrogens is 2. The topological polar surface area (TPSA) is 274 Å². The molecule has 0 amide bonds. The fourth-order valence-electron chi connectivity index (χ4n) is 5.04. The zero-order valence-electron chi connectivity index (χ0n) is 22.4. The van der Waals surface area contributed by atoms with Gasteiger partial charge in [-0.1, -0.05) is 0 Å². The third-order valence-electron chi connectivity index (χ3n) is 7.08. The van der Waals surface area contributed by atoms with Crippen molar-refractivity contribution in [2.45, 2.75) is 49.4 Å². The highest BCUT2D eigenvalue weighted by Gasteiger charge is 2.47. The zero-order chi connectivity index (χ0) is 32.1. The van der Waals surface area contributed by atoms with Crippen LogP contribution in [0, 0.1) is 0 Å². The van der Waals surface area contributed by atoms with Gasteiger partial charge >= 0.3 is 7.60 Å². The first kappa shape index (κ1) is 31.8. The maximum Gasteiger partial charge on any atom is 0.351 e. The van der Waals surface area contributed by atoms with Crippen LogP contribution in [-0.2, 0) is 18.8 Å². The Morgan fingerprint density at radius 2 is 1.36 bits per heavy atom. The number of anilines is 2. The third-order valence-corrected chi connectivity index (χ3v) is 7.56. The van der Waals surface area contributed by atoms with Gasteiger partial charge in [0.2, 0.25) is 0 Å². The number of hydrogen-bond donors (Lipinski definition) is 9. The molecular formula is C24H29F2N6O11P. The second-order valence-corrected chi connectivity index (χ2v) is 11.7. The van der Waals surface area contributed by atoms with E-state index in [1.54, 1.807) is 0 Å². The molecule has 0 aromatic carbocycles. The van der Waals surface area contributed by atoms with Crippen LogP contribution in [-0.4, -0.2) is 94.1 Å². The number of pyridine rings is 2. The van der Waals surface area contributed by atoms with E-state index in [0.29, 0.717) is 16.4 Å². The van der Waals surface area contributed by atoms with Gasteiger partial charge in [-0.15, -0.1) is 0 Å². The Morgan fingerprint density at radius 1 is 0.886 bits per heavy atom. The van der Waals surface area contributed by atoms with Crippen molar-refractivity contribution in [3.05, 3.63) is 57.4 Å². The van der Waals surface area contributed by atoms with Gasteiger partial charge in [0.05, 0.1) is 28.4 Å². The van der Waals surface area contributed by atoms with Crippen molar-refractivity contribution in [1.82, 2.24) is 19.1 Å². The van der Waals surface area contributed by atoms with E-state index in [0.717, 1.165) is 0 Å². The van der Waals surface area contributed by atoms with Crippen LogP contribution in [0.25, 0.3) is 21.8 Å². The van der Waals surface area contributed by atoms with Gasteiger partial charge in [0.25, 0.3) is 11.1 Å². The van der Waals surface area contributed by atoms with Crippen molar-refractivity contribution in [2.24, 2.45) is 0 Å². The lowest BCUT2D eigenvalue weighted by Crippen LogP contribution is -2.29. The normalized spacial score (nSPS) is 28.9. The van der Waals surface area contributed by atoms with E-state index in [-0.39, 0.29) is 22.6 Å². The largest absolute Gasteiger partial charge is 0.394 e. The molecule has 0 aliphatic carbocycles. The lowest BCUT2D eigenvalue weighted by atomic mass is 10.1. The number of aromatic nitrogens is 4. The smallest absolute Gasteiger partial charge is 0.351 e. The standard InChI is InChI=1S/C12H15FN3O7P.C12H14FN3O4/c13-8-9(17)11(23-12(8)22-4-24(19,20)21)16-2-1-5-6(16)3-7(14)15-10(5)18;13-9-7(4-17)20-12(10(9)18)16-2-1-5-6(16)3-8(14)15-11(5)19/h1-3,8-9,11-12,17H,4H2,(H3,14,15,18)(H2,19,20,21);1-3,7,9-10,12,17-18H,4H2,(H3,14,15,19)/t8?,9-,11+,12-;7-,9?,10+,12-/m01/s1. The molecule has 0 saturated carbocycles. The van der Waals surface area contributed by atoms with Crippen molar-refractivity contribution >= 4 is 41.0 Å². The van der Waals surface area contributed by atoms with Gasteiger partial charge in [-0.05, 0) is 12.1 Å². The number of ether oxygens (including phenoxy) is 3. The van der Waals surface area contributed by atoms with Crippen molar-refractivity contribution in [3.63, 3.8) is 0 Å². The number of nitrogen functional groups attached to an aromatic ring is 2. The van der Waals surface area contributed by atoms with Crippen LogP contribution >= 0.6 is 7.60 Å². The Bertz CT molecular complexity index is 1820. The number of aromatic amines is 2. The molecule has 0 spiro atoms. The quantitative estimate of drug-likeness (QED) is 0.115. The summed E-state index contributed by atoms with van der Waals surface area (Å²) >= 11 is 0. The second kappa shape index (κ2) is 12.0. The summed E-state index contributed by atoms with van der Waals surface area (Å²) in [6, 6.07) is 5.90. The molecule has 2 fully saturated rings. The van der Waals surface area contributed by atoms with Crippen LogP contribution in [0.3, 0.4) is 0 Å². The first-order valence-electron chi connectivity index (χ1n) is 12.9. The lowest BCUT2D eigenvalue weighted by molar-refractivity contribution is -0.157. The fraction of sp³-hybridized carbons (Fsp3) is 0.417. The molecule has 4 aromatic heterocycles. The van der Waals surface area contributed by atoms with Crippen molar-refractivity contribution < 1.29 is 52.7 Å². The Hall–Kier alpha value is -3.65. The Morgan fingerprint density at radius 3 is 1.82 bits per heavy atom. The Kier molecular flexibility index (Phi) is 8.69. The highest BCUT2D eigenvalue weighted by molar-refractivity contribution is 7.51. The number of fused-ring (bicyclic) bond motifs is 2. The number of hydrogen-bond acceptors (Lipinski definition) is 11. The van der Waals surface area contributed by atoms with E-state index in [1.165, 1.54) is 45.8 Å². The van der Waals surface area contributed by atoms with Crippen molar-refractivity contribution in [1.29, 1.82) is 0 Å². The van der Waals surface area contributed by atoms with Crippen molar-refractivity contribution in [3.8, 4) is 0 Å². The number of rotatable bonds is 6. The molecule has 2 unspecified atom stereocenters. The van der Waals surface area contributed by atoms with E-state index in [2.05, 4.69) is 9.97 Å². The minimum absolute atomic E-state index is 0.0750. The summed E-state index contributed by atoms with van der Waals surface area (Å²) < 4.78 is 56.6. The Balaban J connectivity index is 0.000000177. The van der Waals surface area contributed by atoms with Crippen LogP contribution in [0.2, 0.25) is 0 Å². The van der Waals surface area contributed by atoms with Crippen LogP contribution in [0.4, 0.5) is 20.4 Å². The van der Waals surface area contributed by atoms with Crippen LogP contribution in [0.1, 0.15) is 12.5 Å². The summed E-state index contributed by atoms with van der Waals surface area (Å²) in [5.74, 6) is 0.233. The second-order valence-electron chi connectivity index (χ2n) is 10.1. The molecule has 240 valence electrons. The van der Waals surface area contributed by atoms with Gasteiger partial charge in [0, 0.05) is 24.5 Å². The number of nitrogens with two attached hydrogens (primary N) is 2. The molecule has 4 aromatic rings. The summed E-state index contributed by atoms with van der Waals surface area (Å²) in [6.45, 7) is -0.531. The molecule has 11 N–H and O–H groups in total. The van der Waals surface area contributed by atoms with Gasteiger partial charge in [-0.3, -0.25) is 14.2 Å². The first-order valence-corrected chi connectivity index (χ1v) is 14.7. The average Bonchev–Trinajstić information content (AvgIpc) is 3.69. The predicted octanol–water partition coefficient (Wildman–Crippen LogP) is -0.882. The van der Waals surface area contributed by atoms with Crippen LogP contribution < -0.4 is 22.6 Å². The minimum atomic E-state index is -4.52. The SMILES string of the molecule is Nc1cc2c(ccn2[C@@H]2O[C@H](CO)C(F)[C@@H]2O)c(=O)[nH]1.Nc1cc2c(ccn2[C@@H]2O[C@H](OCP(=O)(O)O)C(F)[C@@H]2O)c(=O)[nH]1. The monoisotopic (exact) mass is 646 g/mol. The summed E-state index contributed by atoms with van der Waals surface area (Å²) in [4.78, 5) is 45.9. The van der Waals surface area contributed by atoms with E-state index in [9.17, 15) is 33.1 Å². The fourth-order valence-corrected chi connectivity index (χ4v) is 5.39. The zero-order valence-corrected chi connectivity index (χ0v) is 23.3. The summed E-state index contributed by atoms with van der Waals surface area (Å²) in [5, 5.41) is 29.5. The molecule has 2 aliphatic heterocycles. The maximum atomic E-state index is 14.1. The predicted molar refractivity (Wildman–Crippen MR) is 149 cm³/mol. The third kappa shape index (κ3) is 6.01. The molecule has 0 bridgehead atoms. The first-order chi connectivity index (χ1) is 20.7. The average molecular weight is 646 g/mol. The number of aliphatic hydroxyl groups excluding tert-OH is 3. The molecule has 2 saturated heterocycles. The summed E-state index contributed by atoms with van der Waals surface area (Å²) in [5.41, 5.74) is 11.1. The molecule has 8 atom stereocenters. The van der Waals surface area contributed by atoms with Gasteiger partial charge in [-0.25, -0.2) is 8.78 Å². The van der Waals surface area contributed by atoms with Gasteiger partial charge in [0.15, 0.2) is 37.4 Å². The number of nitrogens with zero attached hydrogens (tertiary/aromatic N) is 2. The molecule has 0 radical (unpaired) electrons. The van der Waals surface area contributed by atoms with E-state index < -0.39 is 75.5 Å². The lowest BCUT2D eigenvalue weighted by Gasteiger charge is -2.17. The molecule has 6 rings (SSSR count). The number of aliphatic hydroxyl groups is 3. The number of nitrogens with one attached hydrogen (secondary N) is 2. The highest BCUT2D eigenvalue weighted by atomic mass is 31.2. The minimum Gasteiger partial charge on any atom is -0.394 e. The molecule has 17 nitrogen and oxygen atoms in total. The molecule has 20 heteroatoms. The van der Waals surface area contributed by atoms with Gasteiger partial charge in [-0.2, -0.15) is 0 Å². The summed E-state index contributed by atoms with van der Waals surface area (Å²) in [7, 11) is -4.52. The number of halogens is 2. The van der Waals surface area contributed by atoms with E-state index >= 15 is 0 Å². The van der Waals surface area contributed by atoms with E-state index in [4.69, 9.17) is 40.6 Å². The van der Waals surface area contributed by atoms with Gasteiger partial charge in [0.1, 0.15) is 29.9 Å². The molecular weight excluding hydrogens is 617 g/mol. The molecule has 6 heterocycles. The highest BCUT2D eigenvalue weighted by Crippen LogP contribution is 2.39. The number of alkyl halides is 2. The van der Waals surface area contributed by atoms with Crippen LogP contribution in [0.5, 0.6) is 0 Å². The maximum absolute atomic E-state index is 14.1. The Labute approximate surface area is 244 Å². The van der Waals surface area contributed by atoms with Crippen molar-refractivity contribution in [2.75, 3.05) is 24.4 Å². The summed E-state index contributed by atoms with van der Waals surface area (Å²) in [6.07, 6.45) is -9.95. The van der Waals surface area contributed by atoms with E-state index in [1.807, 2.05) is 0 Å². The molecule has 2 aliphatic rings. The molecule has 44 heavy (non-hydrogen) atoms. The van der Waals surface area contributed by atoms with Crippen LogP contribution in [0.15, 0.2) is 46.2 Å².